The van der Waals surface area contributed by atoms with E-state index in [4.69, 9.17) is 10.5 Å². The average Bonchev–Trinajstić information content (AvgIpc) is 2.70. The first-order chi connectivity index (χ1) is 9.62. The Bertz CT molecular complexity index is 474. The van der Waals surface area contributed by atoms with Crippen LogP contribution in [0.1, 0.15) is 56.1 Å². The van der Waals surface area contributed by atoms with E-state index in [-0.39, 0.29) is 5.41 Å². The highest BCUT2D eigenvalue weighted by molar-refractivity contribution is 5.34. The van der Waals surface area contributed by atoms with Crippen molar-refractivity contribution < 1.29 is 4.74 Å². The van der Waals surface area contributed by atoms with E-state index in [0.29, 0.717) is 12.1 Å². The zero-order valence-electron chi connectivity index (χ0n) is 12.8. The molecule has 2 unspecified atom stereocenters. The van der Waals surface area contributed by atoms with Gasteiger partial charge in [0.1, 0.15) is 11.9 Å². The largest absolute Gasteiger partial charge is 0.490 e. The lowest BCUT2D eigenvalue weighted by atomic mass is 9.58. The van der Waals surface area contributed by atoms with Gasteiger partial charge in [0, 0.05) is 17.9 Å². The van der Waals surface area contributed by atoms with Crippen LogP contribution >= 0.6 is 0 Å². The van der Waals surface area contributed by atoms with Gasteiger partial charge in [0.2, 0.25) is 0 Å². The van der Waals surface area contributed by atoms with E-state index in [2.05, 4.69) is 32.0 Å². The molecule has 2 aliphatic carbocycles. The Morgan fingerprint density at radius 3 is 2.35 bits per heavy atom. The van der Waals surface area contributed by atoms with Gasteiger partial charge in [-0.1, -0.05) is 31.7 Å². The van der Waals surface area contributed by atoms with Crippen LogP contribution in [-0.4, -0.2) is 12.1 Å². The third-order valence-electron chi connectivity index (χ3n) is 5.64. The fourth-order valence-corrected chi connectivity index (χ4v) is 3.97. The van der Waals surface area contributed by atoms with Crippen molar-refractivity contribution in [3.63, 3.8) is 0 Å². The third-order valence-corrected chi connectivity index (χ3v) is 5.64. The van der Waals surface area contributed by atoms with E-state index >= 15 is 0 Å². The highest BCUT2D eigenvalue weighted by Gasteiger charge is 2.54. The van der Waals surface area contributed by atoms with Crippen molar-refractivity contribution in [2.75, 3.05) is 0 Å². The second-order valence-electron chi connectivity index (χ2n) is 6.84. The van der Waals surface area contributed by atoms with Gasteiger partial charge in [-0.25, -0.2) is 0 Å². The Morgan fingerprint density at radius 1 is 1.05 bits per heavy atom. The molecule has 0 amide bonds. The van der Waals surface area contributed by atoms with Gasteiger partial charge in [0.15, 0.2) is 0 Å². The normalized spacial score (nSPS) is 28.8. The summed E-state index contributed by atoms with van der Waals surface area (Å²) in [6.45, 7) is 4.29. The van der Waals surface area contributed by atoms with Crippen molar-refractivity contribution in [1.29, 1.82) is 0 Å². The fourth-order valence-electron chi connectivity index (χ4n) is 3.97. The van der Waals surface area contributed by atoms with Crippen LogP contribution in [0.5, 0.6) is 5.75 Å². The van der Waals surface area contributed by atoms with Crippen LogP contribution < -0.4 is 10.5 Å². The third kappa shape index (κ3) is 2.35. The van der Waals surface area contributed by atoms with Crippen LogP contribution in [0.3, 0.4) is 0 Å². The first-order valence-electron chi connectivity index (χ1n) is 8.11. The minimum absolute atomic E-state index is 0.259. The quantitative estimate of drug-likeness (QED) is 0.879. The Hall–Kier alpha value is -1.02. The predicted octanol–water partition coefficient (Wildman–Crippen LogP) is 4.12. The number of rotatable bonds is 2. The molecule has 2 atom stereocenters. The van der Waals surface area contributed by atoms with Gasteiger partial charge >= 0.3 is 0 Å². The summed E-state index contributed by atoms with van der Waals surface area (Å²) in [5.41, 5.74) is 9.27. The number of ether oxygens (including phenoxy) is 1. The summed E-state index contributed by atoms with van der Waals surface area (Å²) in [5, 5.41) is 0. The highest BCUT2D eigenvalue weighted by Crippen LogP contribution is 2.51. The maximum atomic E-state index is 6.38. The topological polar surface area (TPSA) is 35.2 Å². The van der Waals surface area contributed by atoms with Crippen molar-refractivity contribution in [2.24, 2.45) is 11.1 Å². The molecule has 2 heteroatoms. The summed E-state index contributed by atoms with van der Waals surface area (Å²) >= 11 is 0. The summed E-state index contributed by atoms with van der Waals surface area (Å²) < 4.78 is 6.33. The summed E-state index contributed by atoms with van der Waals surface area (Å²) in [5.74, 6) is 1.02. The standard InChI is InChI=1S/C18H27NO/c1-13-7-8-15(11-14(13)2)20-17-12-16(19)18(17)9-5-3-4-6-10-18/h7-8,11,16-17H,3-6,9-10,12,19H2,1-2H3. The van der Waals surface area contributed by atoms with Gasteiger partial charge in [0.05, 0.1) is 0 Å². The second kappa shape index (κ2) is 5.40. The minimum atomic E-state index is 0.259. The molecule has 1 aromatic rings. The number of benzene rings is 1. The summed E-state index contributed by atoms with van der Waals surface area (Å²) in [6, 6.07) is 6.78. The number of hydrogen-bond donors (Lipinski definition) is 1. The van der Waals surface area contributed by atoms with Crippen molar-refractivity contribution in [3.05, 3.63) is 29.3 Å². The van der Waals surface area contributed by atoms with Crippen molar-refractivity contribution in [1.82, 2.24) is 0 Å². The summed E-state index contributed by atoms with van der Waals surface area (Å²) in [6.07, 6.45) is 9.23. The lowest BCUT2D eigenvalue weighted by Gasteiger charge is -2.54. The van der Waals surface area contributed by atoms with Gasteiger partial charge in [-0.05, 0) is 49.9 Å². The Balaban J connectivity index is 1.75. The van der Waals surface area contributed by atoms with Crippen LogP contribution in [0.4, 0.5) is 0 Å². The van der Waals surface area contributed by atoms with Gasteiger partial charge in [-0.3, -0.25) is 0 Å². The van der Waals surface area contributed by atoms with Crippen LogP contribution in [0, 0.1) is 19.3 Å². The molecule has 2 saturated carbocycles. The molecule has 1 aromatic carbocycles. The minimum Gasteiger partial charge on any atom is -0.490 e. The lowest BCUT2D eigenvalue weighted by molar-refractivity contribution is -0.0770. The molecule has 3 rings (SSSR count). The smallest absolute Gasteiger partial charge is 0.120 e. The molecule has 2 aliphatic rings. The maximum absolute atomic E-state index is 6.38. The summed E-state index contributed by atoms with van der Waals surface area (Å²) in [7, 11) is 0. The Labute approximate surface area is 122 Å². The fraction of sp³-hybridized carbons (Fsp3) is 0.667. The zero-order valence-corrected chi connectivity index (χ0v) is 12.8. The average molecular weight is 273 g/mol. The van der Waals surface area contributed by atoms with Crippen molar-refractivity contribution >= 4 is 0 Å². The molecule has 0 bridgehead atoms. The molecule has 0 aromatic heterocycles. The molecule has 1 spiro atoms. The molecular formula is C18H27NO. The Kier molecular flexibility index (Phi) is 3.76. The first kappa shape index (κ1) is 13.9. The van der Waals surface area contributed by atoms with Crippen molar-refractivity contribution in [2.45, 2.75) is 70.9 Å². The summed E-state index contributed by atoms with van der Waals surface area (Å²) in [4.78, 5) is 0. The molecule has 0 radical (unpaired) electrons. The van der Waals surface area contributed by atoms with Crippen LogP contribution in [0.2, 0.25) is 0 Å². The maximum Gasteiger partial charge on any atom is 0.120 e. The molecule has 2 N–H and O–H groups in total. The second-order valence-corrected chi connectivity index (χ2v) is 6.84. The molecule has 0 aliphatic heterocycles. The molecule has 0 heterocycles. The molecule has 2 fully saturated rings. The van der Waals surface area contributed by atoms with Crippen LogP contribution in [0.15, 0.2) is 18.2 Å². The van der Waals surface area contributed by atoms with E-state index < -0.39 is 0 Å². The SMILES string of the molecule is Cc1ccc(OC2CC(N)C23CCCCCC3)cc1C. The predicted molar refractivity (Wildman–Crippen MR) is 83.1 cm³/mol. The molecule has 0 saturated heterocycles. The highest BCUT2D eigenvalue weighted by atomic mass is 16.5. The molecule has 2 nitrogen and oxygen atoms in total. The number of aryl methyl sites for hydroxylation is 2. The van der Waals surface area contributed by atoms with E-state index in [0.717, 1.165) is 12.2 Å². The monoisotopic (exact) mass is 273 g/mol. The van der Waals surface area contributed by atoms with Crippen LogP contribution in [-0.2, 0) is 0 Å². The molecular weight excluding hydrogens is 246 g/mol. The van der Waals surface area contributed by atoms with Crippen LogP contribution in [0.25, 0.3) is 0 Å². The lowest BCUT2D eigenvalue weighted by Crippen LogP contribution is -2.63. The van der Waals surface area contributed by atoms with E-state index in [1.807, 2.05) is 0 Å². The Morgan fingerprint density at radius 2 is 1.75 bits per heavy atom. The first-order valence-corrected chi connectivity index (χ1v) is 8.11. The van der Waals surface area contributed by atoms with Crippen molar-refractivity contribution in [3.8, 4) is 5.75 Å². The number of hydrogen-bond acceptors (Lipinski definition) is 2. The number of nitrogens with two attached hydrogens (primary N) is 1. The zero-order chi connectivity index (χ0) is 14.2. The molecule has 20 heavy (non-hydrogen) atoms. The van der Waals surface area contributed by atoms with Gasteiger partial charge in [-0.2, -0.15) is 0 Å². The van der Waals surface area contributed by atoms with E-state index in [9.17, 15) is 0 Å². The van der Waals surface area contributed by atoms with Gasteiger partial charge < -0.3 is 10.5 Å². The van der Waals surface area contributed by atoms with Gasteiger partial charge in [-0.15, -0.1) is 0 Å². The molecule has 110 valence electrons. The van der Waals surface area contributed by atoms with E-state index in [1.54, 1.807) is 0 Å². The van der Waals surface area contributed by atoms with Gasteiger partial charge in [0.25, 0.3) is 0 Å². The van der Waals surface area contributed by atoms with E-state index in [1.165, 1.54) is 49.7 Å².